The molecule has 1 aliphatic carbocycles. The zero-order valence-corrected chi connectivity index (χ0v) is 10.8. The Kier molecular flexibility index (Phi) is 3.52. The number of pyridine rings is 1. The van der Waals surface area contributed by atoms with Crippen molar-refractivity contribution in [3.63, 3.8) is 0 Å². The van der Waals surface area contributed by atoms with Gasteiger partial charge in [-0.1, -0.05) is 0 Å². The first-order valence-electron chi connectivity index (χ1n) is 6.11. The zero-order valence-electron chi connectivity index (χ0n) is 10.8. The van der Waals surface area contributed by atoms with Crippen LogP contribution in [0.3, 0.4) is 0 Å². The summed E-state index contributed by atoms with van der Waals surface area (Å²) in [5.74, 6) is 0.894. The minimum absolute atomic E-state index is 0.151. The van der Waals surface area contributed by atoms with Gasteiger partial charge in [0, 0.05) is 12.7 Å². The van der Waals surface area contributed by atoms with E-state index < -0.39 is 0 Å². The highest BCUT2D eigenvalue weighted by Gasteiger charge is 2.40. The largest absolute Gasteiger partial charge is 0.465 e. The van der Waals surface area contributed by atoms with Crippen LogP contribution in [0, 0.1) is 5.92 Å². The van der Waals surface area contributed by atoms with Crippen molar-refractivity contribution in [2.24, 2.45) is 11.7 Å². The summed E-state index contributed by atoms with van der Waals surface area (Å²) in [5, 5.41) is 3.34. The summed E-state index contributed by atoms with van der Waals surface area (Å²) in [5.41, 5.74) is 6.18. The van der Waals surface area contributed by atoms with Gasteiger partial charge in [0.05, 0.1) is 18.2 Å². The van der Waals surface area contributed by atoms with E-state index in [-0.39, 0.29) is 11.5 Å². The van der Waals surface area contributed by atoms with E-state index in [9.17, 15) is 4.79 Å². The number of ether oxygens (including phenoxy) is 1. The van der Waals surface area contributed by atoms with Crippen molar-refractivity contribution in [2.45, 2.75) is 25.3 Å². The van der Waals surface area contributed by atoms with Gasteiger partial charge in [0.15, 0.2) is 0 Å². The van der Waals surface area contributed by atoms with E-state index in [0.29, 0.717) is 23.8 Å². The topological polar surface area (TPSA) is 77.2 Å². The van der Waals surface area contributed by atoms with Crippen LogP contribution < -0.4 is 11.1 Å². The molecule has 3 N–H and O–H groups in total. The Morgan fingerprint density at radius 3 is 2.94 bits per heavy atom. The number of hydrogen-bond acceptors (Lipinski definition) is 5. The average molecular weight is 249 g/mol. The number of aromatic nitrogens is 1. The maximum atomic E-state index is 11.4. The number of hydrogen-bond donors (Lipinski definition) is 2. The van der Waals surface area contributed by atoms with Crippen LogP contribution in [-0.2, 0) is 4.74 Å². The molecule has 1 fully saturated rings. The molecule has 0 radical (unpaired) electrons. The van der Waals surface area contributed by atoms with Crippen LogP contribution in [0.1, 0.15) is 30.1 Å². The minimum Gasteiger partial charge on any atom is -0.465 e. The number of nitrogens with one attached hydrogen (secondary N) is 1. The third-order valence-corrected chi connectivity index (χ3v) is 3.50. The monoisotopic (exact) mass is 249 g/mol. The van der Waals surface area contributed by atoms with Crippen LogP contribution in [-0.4, -0.2) is 30.1 Å². The van der Waals surface area contributed by atoms with E-state index in [0.717, 1.165) is 0 Å². The first-order valence-corrected chi connectivity index (χ1v) is 6.11. The fraction of sp³-hybridized carbons (Fsp3) is 0.538. The molecule has 1 aromatic heterocycles. The number of rotatable bonds is 5. The number of carbonyl (C=O) groups excluding carboxylic acids is 1. The van der Waals surface area contributed by atoms with Crippen molar-refractivity contribution in [3.8, 4) is 0 Å². The highest BCUT2D eigenvalue weighted by Crippen LogP contribution is 2.40. The molecular weight excluding hydrogens is 230 g/mol. The van der Waals surface area contributed by atoms with Gasteiger partial charge in [0.25, 0.3) is 0 Å². The van der Waals surface area contributed by atoms with Crippen molar-refractivity contribution < 1.29 is 9.53 Å². The van der Waals surface area contributed by atoms with Gasteiger partial charge in [-0.3, -0.25) is 0 Å². The van der Waals surface area contributed by atoms with Crippen molar-refractivity contribution in [2.75, 3.05) is 19.0 Å². The van der Waals surface area contributed by atoms with Gasteiger partial charge in [0.2, 0.25) is 0 Å². The predicted molar refractivity (Wildman–Crippen MR) is 69.4 cm³/mol. The Hall–Kier alpha value is -1.62. The summed E-state index contributed by atoms with van der Waals surface area (Å²) in [6.45, 7) is 2.64. The summed E-state index contributed by atoms with van der Waals surface area (Å²) < 4.78 is 4.69. The van der Waals surface area contributed by atoms with Gasteiger partial charge in [-0.25, -0.2) is 9.78 Å². The third kappa shape index (κ3) is 2.61. The smallest absolute Gasteiger partial charge is 0.338 e. The van der Waals surface area contributed by atoms with E-state index >= 15 is 0 Å². The molecule has 0 bridgehead atoms. The molecule has 0 amide bonds. The lowest BCUT2D eigenvalue weighted by Crippen LogP contribution is -2.44. The van der Waals surface area contributed by atoms with Crippen molar-refractivity contribution >= 4 is 11.8 Å². The molecule has 5 heteroatoms. The van der Waals surface area contributed by atoms with E-state index in [1.807, 2.05) is 0 Å². The molecule has 0 aromatic carbocycles. The summed E-state index contributed by atoms with van der Waals surface area (Å²) in [7, 11) is 1.37. The fourth-order valence-corrected chi connectivity index (χ4v) is 2.08. The quantitative estimate of drug-likeness (QED) is 0.771. The van der Waals surface area contributed by atoms with Crippen LogP contribution >= 0.6 is 0 Å². The van der Waals surface area contributed by atoms with Crippen LogP contribution in [0.4, 0.5) is 5.82 Å². The fourth-order valence-electron chi connectivity index (χ4n) is 2.08. The SMILES string of the molecule is COC(=O)c1ccnc(NC(C)(CN)C2CC2)c1. The lowest BCUT2D eigenvalue weighted by molar-refractivity contribution is 0.0600. The molecular formula is C13H19N3O2. The third-order valence-electron chi connectivity index (χ3n) is 3.50. The second-order valence-electron chi connectivity index (χ2n) is 4.94. The highest BCUT2D eigenvalue weighted by atomic mass is 16.5. The number of methoxy groups -OCH3 is 1. The van der Waals surface area contributed by atoms with Gasteiger partial charge in [-0.2, -0.15) is 0 Å². The minimum atomic E-state index is -0.360. The van der Waals surface area contributed by atoms with E-state index in [4.69, 9.17) is 5.73 Å². The molecule has 98 valence electrons. The van der Waals surface area contributed by atoms with Crippen LogP contribution in [0.2, 0.25) is 0 Å². The Morgan fingerprint density at radius 1 is 1.67 bits per heavy atom. The number of nitrogens with zero attached hydrogens (tertiary/aromatic N) is 1. The molecule has 0 saturated heterocycles. The maximum absolute atomic E-state index is 11.4. The second-order valence-corrected chi connectivity index (χ2v) is 4.94. The van der Waals surface area contributed by atoms with E-state index in [1.165, 1.54) is 20.0 Å². The molecule has 2 rings (SSSR count). The van der Waals surface area contributed by atoms with Crippen LogP contribution in [0.5, 0.6) is 0 Å². The second kappa shape index (κ2) is 4.94. The Labute approximate surface area is 107 Å². The molecule has 1 saturated carbocycles. The normalized spacial score (nSPS) is 17.9. The van der Waals surface area contributed by atoms with Crippen molar-refractivity contribution in [1.82, 2.24) is 4.98 Å². The van der Waals surface area contributed by atoms with Crippen molar-refractivity contribution in [3.05, 3.63) is 23.9 Å². The number of nitrogens with two attached hydrogens (primary N) is 1. The van der Waals surface area contributed by atoms with Gasteiger partial charge < -0.3 is 15.8 Å². The summed E-state index contributed by atoms with van der Waals surface area (Å²) in [6.07, 6.45) is 3.98. The predicted octanol–water partition coefficient (Wildman–Crippen LogP) is 1.41. The standard InChI is InChI=1S/C13H19N3O2/c1-13(8-14,10-3-4-10)16-11-7-9(5-6-15-11)12(17)18-2/h5-7,10H,3-4,8,14H2,1-2H3,(H,15,16). The number of anilines is 1. The molecule has 18 heavy (non-hydrogen) atoms. The van der Waals surface area contributed by atoms with Gasteiger partial charge >= 0.3 is 5.97 Å². The van der Waals surface area contributed by atoms with E-state index in [1.54, 1.807) is 18.3 Å². The molecule has 0 aliphatic heterocycles. The molecule has 1 heterocycles. The molecule has 0 spiro atoms. The molecule has 1 aromatic rings. The summed E-state index contributed by atoms with van der Waals surface area (Å²) >= 11 is 0. The Bertz CT molecular complexity index is 446. The Balaban J connectivity index is 2.16. The summed E-state index contributed by atoms with van der Waals surface area (Å²) in [6, 6.07) is 3.33. The lowest BCUT2D eigenvalue weighted by atomic mass is 9.96. The number of carbonyl (C=O) groups is 1. The van der Waals surface area contributed by atoms with E-state index in [2.05, 4.69) is 22.0 Å². The van der Waals surface area contributed by atoms with Crippen molar-refractivity contribution in [1.29, 1.82) is 0 Å². The zero-order chi connectivity index (χ0) is 13.2. The molecule has 5 nitrogen and oxygen atoms in total. The number of esters is 1. The Morgan fingerprint density at radius 2 is 2.39 bits per heavy atom. The van der Waals surface area contributed by atoms with Crippen LogP contribution in [0.15, 0.2) is 18.3 Å². The molecule has 1 aliphatic rings. The maximum Gasteiger partial charge on any atom is 0.338 e. The van der Waals surface area contributed by atoms with Gasteiger partial charge in [-0.05, 0) is 37.8 Å². The molecule has 1 atom stereocenters. The first kappa shape index (κ1) is 12.8. The van der Waals surface area contributed by atoms with Crippen LogP contribution in [0.25, 0.3) is 0 Å². The average Bonchev–Trinajstić information content (AvgIpc) is 3.22. The lowest BCUT2D eigenvalue weighted by Gasteiger charge is -2.30. The summed E-state index contributed by atoms with van der Waals surface area (Å²) in [4.78, 5) is 15.7. The highest BCUT2D eigenvalue weighted by molar-refractivity contribution is 5.90. The van der Waals surface area contributed by atoms with Gasteiger partial charge in [0.1, 0.15) is 5.82 Å². The first-order chi connectivity index (χ1) is 8.59. The van der Waals surface area contributed by atoms with Gasteiger partial charge in [-0.15, -0.1) is 0 Å². The molecule has 1 unspecified atom stereocenters.